The quantitative estimate of drug-likeness (QED) is 0.321. The van der Waals surface area contributed by atoms with Crippen LogP contribution in [0.25, 0.3) is 22.2 Å². The van der Waals surface area contributed by atoms with Crippen LogP contribution in [0.3, 0.4) is 0 Å². The van der Waals surface area contributed by atoms with Gasteiger partial charge in [0.15, 0.2) is 11.2 Å². The number of hydrogen-bond acceptors (Lipinski definition) is 8. The number of ether oxygens (including phenoxy) is 1. The van der Waals surface area contributed by atoms with Crippen LogP contribution in [-0.2, 0) is 30.2 Å². The Labute approximate surface area is 216 Å². The van der Waals surface area contributed by atoms with Gasteiger partial charge in [-0.3, -0.25) is 18.7 Å². The molecule has 1 aromatic carbocycles. The zero-order valence-corrected chi connectivity index (χ0v) is 21.7. The Balaban J connectivity index is 1.38. The zero-order valence-electron chi connectivity index (χ0n) is 21.7. The minimum Gasteiger partial charge on any atom is -0.391 e. The number of nitrogens with one attached hydrogen (secondary N) is 1. The number of aromatic nitrogens is 6. The van der Waals surface area contributed by atoms with Crippen molar-refractivity contribution in [3.63, 3.8) is 0 Å². The summed E-state index contributed by atoms with van der Waals surface area (Å²) in [6, 6.07) is 5.03. The number of aryl methyl sites for hydroxylation is 2. The number of aromatic amines is 1. The van der Waals surface area contributed by atoms with Gasteiger partial charge in [0, 0.05) is 33.6 Å². The molecule has 3 aromatic heterocycles. The van der Waals surface area contributed by atoms with E-state index in [0.717, 1.165) is 21.2 Å². The summed E-state index contributed by atoms with van der Waals surface area (Å²) in [7, 11) is 2.87. The number of H-pyrrole nitrogens is 1. The number of aliphatic hydroxyl groups excluding tert-OH is 1. The minimum absolute atomic E-state index is 0.00633. The molecule has 13 heteroatoms. The number of nitrogens with zero attached hydrogens (tertiary/aromatic N) is 6. The van der Waals surface area contributed by atoms with Crippen LogP contribution < -0.4 is 11.2 Å². The monoisotopic (exact) mass is 525 g/mol. The molecular formula is C25H31N7O6. The lowest BCUT2D eigenvalue weighted by atomic mass is 9.91. The first-order valence-corrected chi connectivity index (χ1v) is 12.3. The van der Waals surface area contributed by atoms with Gasteiger partial charge in [0.25, 0.3) is 5.56 Å². The Kier molecular flexibility index (Phi) is 6.45. The Hall–Kier alpha value is -3.81. The maximum absolute atomic E-state index is 13.2. The average molecular weight is 526 g/mol. The molecule has 0 aliphatic carbocycles. The first kappa shape index (κ1) is 25.8. The van der Waals surface area contributed by atoms with E-state index in [1.54, 1.807) is 6.92 Å². The summed E-state index contributed by atoms with van der Waals surface area (Å²) in [5.41, 5.74) is 0.493. The maximum atomic E-state index is 13.2. The Bertz CT molecular complexity index is 1650. The molecule has 1 saturated heterocycles. The minimum atomic E-state index is -1.49. The molecule has 0 radical (unpaired) electrons. The van der Waals surface area contributed by atoms with Gasteiger partial charge in [0.05, 0.1) is 35.1 Å². The number of amides is 1. The molecule has 1 aliphatic heterocycles. The number of hydrogen-bond donors (Lipinski definition) is 3. The highest BCUT2D eigenvalue weighted by Crippen LogP contribution is 2.33. The third-order valence-corrected chi connectivity index (χ3v) is 7.20. The molecule has 0 spiro atoms. The molecule has 0 unspecified atom stereocenters. The van der Waals surface area contributed by atoms with Crippen molar-refractivity contribution in [1.82, 2.24) is 33.6 Å². The van der Waals surface area contributed by atoms with E-state index in [1.165, 1.54) is 34.5 Å². The summed E-state index contributed by atoms with van der Waals surface area (Å²) in [5, 5.41) is 22.0. The Morgan fingerprint density at radius 1 is 1.24 bits per heavy atom. The highest BCUT2D eigenvalue weighted by molar-refractivity contribution is 5.78. The van der Waals surface area contributed by atoms with Gasteiger partial charge in [-0.05, 0) is 31.5 Å². The number of imidazole rings is 2. The van der Waals surface area contributed by atoms with E-state index in [0.29, 0.717) is 5.82 Å². The normalized spacial score (nSPS) is 22.3. The van der Waals surface area contributed by atoms with E-state index in [1.807, 2.05) is 25.1 Å². The van der Waals surface area contributed by atoms with Crippen molar-refractivity contribution in [3.05, 3.63) is 56.8 Å². The fraction of sp³-hybridized carbons (Fsp3) is 0.480. The SMILES string of the molecule is Cc1ccc2nc(COCC(=O)N3C[C@H](O)C[C@](C)(O)[C@@H](n4cnc5c4c(=O)n(C)c(=O)n5C)C3)[nH]c2c1. The maximum Gasteiger partial charge on any atom is 0.332 e. The number of carbonyl (C=O) groups excluding carboxylic acids is 1. The molecular weight excluding hydrogens is 494 g/mol. The van der Waals surface area contributed by atoms with Gasteiger partial charge in [-0.1, -0.05) is 6.07 Å². The van der Waals surface area contributed by atoms with Crippen LogP contribution in [0.1, 0.15) is 30.8 Å². The molecule has 13 nitrogen and oxygen atoms in total. The van der Waals surface area contributed by atoms with Crippen LogP contribution in [-0.4, -0.2) is 81.1 Å². The number of fused-ring (bicyclic) bond motifs is 2. The second kappa shape index (κ2) is 9.49. The number of carbonyl (C=O) groups is 1. The molecule has 1 fully saturated rings. The summed E-state index contributed by atoms with van der Waals surface area (Å²) >= 11 is 0. The van der Waals surface area contributed by atoms with Gasteiger partial charge in [0.1, 0.15) is 19.0 Å². The lowest BCUT2D eigenvalue weighted by molar-refractivity contribution is -0.138. The van der Waals surface area contributed by atoms with Crippen molar-refractivity contribution in [2.24, 2.45) is 14.1 Å². The van der Waals surface area contributed by atoms with Crippen molar-refractivity contribution < 1.29 is 19.7 Å². The number of β-amino-alcohol motifs (C(OH)–C–C–N with tert-alkyl or cyclic N) is 1. The van der Waals surface area contributed by atoms with Crippen LogP contribution in [0.2, 0.25) is 0 Å². The largest absolute Gasteiger partial charge is 0.391 e. The molecule has 38 heavy (non-hydrogen) atoms. The second-order valence-electron chi connectivity index (χ2n) is 10.3. The van der Waals surface area contributed by atoms with E-state index in [9.17, 15) is 24.6 Å². The predicted octanol–water partition coefficient (Wildman–Crippen LogP) is -0.279. The topological polar surface area (TPSA) is 160 Å². The number of likely N-dealkylation sites (tertiary alicyclic amines) is 1. The molecule has 3 atom stereocenters. The van der Waals surface area contributed by atoms with Crippen LogP contribution in [0, 0.1) is 6.92 Å². The van der Waals surface area contributed by atoms with E-state index < -0.39 is 29.0 Å². The second-order valence-corrected chi connectivity index (χ2v) is 10.3. The van der Waals surface area contributed by atoms with Gasteiger partial charge < -0.3 is 29.4 Å². The van der Waals surface area contributed by atoms with Gasteiger partial charge in [-0.25, -0.2) is 14.8 Å². The van der Waals surface area contributed by atoms with Gasteiger partial charge in [-0.15, -0.1) is 0 Å². The zero-order chi connectivity index (χ0) is 27.4. The molecule has 4 aromatic rings. The highest BCUT2D eigenvalue weighted by atomic mass is 16.5. The van der Waals surface area contributed by atoms with E-state index in [4.69, 9.17) is 4.74 Å². The summed E-state index contributed by atoms with van der Waals surface area (Å²) in [6.45, 7) is 3.34. The molecule has 4 heterocycles. The Morgan fingerprint density at radius 2 is 2.00 bits per heavy atom. The number of benzene rings is 1. The van der Waals surface area contributed by atoms with Crippen LogP contribution in [0.4, 0.5) is 0 Å². The molecule has 0 bridgehead atoms. The third-order valence-electron chi connectivity index (χ3n) is 7.20. The summed E-state index contributed by atoms with van der Waals surface area (Å²) < 4.78 is 9.36. The van der Waals surface area contributed by atoms with E-state index >= 15 is 0 Å². The highest BCUT2D eigenvalue weighted by Gasteiger charge is 2.42. The van der Waals surface area contributed by atoms with Crippen molar-refractivity contribution in [3.8, 4) is 0 Å². The van der Waals surface area contributed by atoms with Crippen molar-refractivity contribution in [2.45, 2.75) is 44.6 Å². The van der Waals surface area contributed by atoms with Crippen LogP contribution >= 0.6 is 0 Å². The number of rotatable bonds is 5. The summed E-state index contributed by atoms with van der Waals surface area (Å²) in [5.74, 6) is 0.199. The van der Waals surface area contributed by atoms with E-state index in [2.05, 4.69) is 15.0 Å². The molecule has 5 rings (SSSR count). The predicted molar refractivity (Wildman–Crippen MR) is 138 cm³/mol. The summed E-state index contributed by atoms with van der Waals surface area (Å²) in [4.78, 5) is 51.8. The van der Waals surface area contributed by atoms with Crippen LogP contribution in [0.5, 0.6) is 0 Å². The average Bonchev–Trinajstić information content (AvgIpc) is 3.44. The third kappa shape index (κ3) is 4.52. The molecule has 202 valence electrons. The fourth-order valence-corrected chi connectivity index (χ4v) is 5.17. The fourth-order valence-electron chi connectivity index (χ4n) is 5.17. The molecule has 1 aliphatic rings. The molecule has 1 amide bonds. The van der Waals surface area contributed by atoms with Crippen molar-refractivity contribution in [1.29, 1.82) is 0 Å². The Morgan fingerprint density at radius 3 is 2.76 bits per heavy atom. The lowest BCUT2D eigenvalue weighted by Crippen LogP contribution is -2.44. The smallest absolute Gasteiger partial charge is 0.332 e. The van der Waals surface area contributed by atoms with Crippen molar-refractivity contribution in [2.75, 3.05) is 19.7 Å². The van der Waals surface area contributed by atoms with Crippen molar-refractivity contribution >= 4 is 28.1 Å². The molecule has 0 saturated carbocycles. The van der Waals surface area contributed by atoms with E-state index in [-0.39, 0.29) is 49.8 Å². The van der Waals surface area contributed by atoms with Crippen LogP contribution in [0.15, 0.2) is 34.1 Å². The standard InChI is InChI=1S/C25H31N7O6/c1-14-5-6-16-17(7-14)28-19(27-16)11-38-12-20(34)31-9-15(33)8-25(2,37)18(10-31)32-13-26-22-21(32)23(35)30(4)24(36)29(22)3/h5-7,13,15,18,33,37H,8-12H2,1-4H3,(H,27,28)/t15-,18+,25+/m1/s1. The van der Waals surface area contributed by atoms with Gasteiger partial charge in [-0.2, -0.15) is 0 Å². The number of aliphatic hydroxyl groups is 2. The lowest BCUT2D eigenvalue weighted by Gasteiger charge is -2.34. The van der Waals surface area contributed by atoms with Gasteiger partial charge in [0.2, 0.25) is 5.91 Å². The first-order chi connectivity index (χ1) is 18.0. The molecule has 3 N–H and O–H groups in total. The summed E-state index contributed by atoms with van der Waals surface area (Å²) in [6.07, 6.45) is 0.344. The van der Waals surface area contributed by atoms with Gasteiger partial charge >= 0.3 is 5.69 Å². The first-order valence-electron chi connectivity index (χ1n) is 12.3.